The van der Waals surface area contributed by atoms with E-state index < -0.39 is 5.25 Å². The fraction of sp³-hybridized carbons (Fsp3) is 0.370. The first kappa shape index (κ1) is 24.5. The van der Waals surface area contributed by atoms with Crippen LogP contribution in [0.25, 0.3) is 22.9 Å². The molecule has 36 heavy (non-hydrogen) atoms. The number of aromatic nitrogens is 2. The van der Waals surface area contributed by atoms with E-state index >= 15 is 0 Å². The highest BCUT2D eigenvalue weighted by Crippen LogP contribution is 2.44. The first-order valence-electron chi connectivity index (χ1n) is 11.9. The van der Waals surface area contributed by atoms with Gasteiger partial charge in [-0.25, -0.2) is 4.98 Å². The fourth-order valence-corrected chi connectivity index (χ4v) is 6.65. The summed E-state index contributed by atoms with van der Waals surface area (Å²) < 4.78 is 11.1. The Morgan fingerprint density at radius 3 is 2.64 bits per heavy atom. The van der Waals surface area contributed by atoms with Gasteiger partial charge in [0.2, 0.25) is 5.91 Å². The number of furan rings is 2. The molecule has 1 aliphatic rings. The van der Waals surface area contributed by atoms with Crippen LogP contribution in [0.1, 0.15) is 50.1 Å². The lowest BCUT2D eigenvalue weighted by Crippen LogP contribution is -2.26. The number of nitriles is 1. The maximum Gasteiger partial charge on any atom is 0.238 e. The minimum absolute atomic E-state index is 0.169. The summed E-state index contributed by atoms with van der Waals surface area (Å²) in [5.41, 5.74) is 3.25. The SMILES string of the molecule is CC(Sc1nc(-c2ccco2)c(-c2ccco2)[nH]1)C(=O)Nc1sc2c(c1C#N)CCC(C(C)(C)C)C2. The number of fused-ring (bicyclic) bond motifs is 1. The number of amides is 1. The molecule has 4 aromatic rings. The van der Waals surface area contributed by atoms with Crippen LogP contribution in [0.3, 0.4) is 0 Å². The number of thioether (sulfide) groups is 1. The molecule has 0 fully saturated rings. The zero-order valence-electron chi connectivity index (χ0n) is 20.7. The van der Waals surface area contributed by atoms with Crippen LogP contribution in [-0.2, 0) is 17.6 Å². The van der Waals surface area contributed by atoms with Crippen molar-refractivity contribution in [1.82, 2.24) is 9.97 Å². The Morgan fingerprint density at radius 1 is 1.28 bits per heavy atom. The van der Waals surface area contributed by atoms with Gasteiger partial charge in [0.25, 0.3) is 0 Å². The molecule has 7 nitrogen and oxygen atoms in total. The molecular weight excluding hydrogens is 492 g/mol. The van der Waals surface area contributed by atoms with Gasteiger partial charge in [-0.1, -0.05) is 32.5 Å². The lowest BCUT2D eigenvalue weighted by molar-refractivity contribution is -0.115. The van der Waals surface area contributed by atoms with Gasteiger partial charge in [0, 0.05) is 4.88 Å². The summed E-state index contributed by atoms with van der Waals surface area (Å²) in [6.45, 7) is 8.64. The van der Waals surface area contributed by atoms with Gasteiger partial charge >= 0.3 is 0 Å². The first-order valence-corrected chi connectivity index (χ1v) is 13.6. The quantitative estimate of drug-likeness (QED) is 0.262. The number of hydrogen-bond donors (Lipinski definition) is 2. The fourth-order valence-electron chi connectivity index (χ4n) is 4.56. The van der Waals surface area contributed by atoms with Crippen molar-refractivity contribution < 1.29 is 13.6 Å². The third kappa shape index (κ3) is 4.75. The molecule has 1 amide bonds. The Balaban J connectivity index is 1.34. The molecule has 9 heteroatoms. The van der Waals surface area contributed by atoms with Gasteiger partial charge in [0.1, 0.15) is 22.5 Å². The van der Waals surface area contributed by atoms with Crippen molar-refractivity contribution in [1.29, 1.82) is 5.26 Å². The second kappa shape index (κ2) is 9.68. The molecule has 186 valence electrons. The van der Waals surface area contributed by atoms with Crippen molar-refractivity contribution in [3.05, 3.63) is 52.8 Å². The predicted molar refractivity (Wildman–Crippen MR) is 142 cm³/mol. The highest BCUT2D eigenvalue weighted by molar-refractivity contribution is 8.00. The van der Waals surface area contributed by atoms with E-state index in [4.69, 9.17) is 8.83 Å². The molecule has 5 rings (SSSR count). The summed E-state index contributed by atoms with van der Waals surface area (Å²) in [5, 5.41) is 13.7. The number of carbonyl (C=O) groups is 1. The molecule has 0 spiro atoms. The summed E-state index contributed by atoms with van der Waals surface area (Å²) in [6.07, 6.45) is 6.10. The van der Waals surface area contributed by atoms with E-state index in [1.54, 1.807) is 29.9 Å². The van der Waals surface area contributed by atoms with Crippen molar-refractivity contribution in [3.63, 3.8) is 0 Å². The van der Waals surface area contributed by atoms with E-state index in [2.05, 4.69) is 42.1 Å². The van der Waals surface area contributed by atoms with Crippen LogP contribution in [0.4, 0.5) is 5.00 Å². The van der Waals surface area contributed by atoms with Gasteiger partial charge in [0.15, 0.2) is 16.7 Å². The maximum absolute atomic E-state index is 13.2. The monoisotopic (exact) mass is 520 g/mol. The molecule has 0 aromatic carbocycles. The Hall–Kier alpha value is -3.22. The molecular formula is C27H28N4O3S2. The average molecular weight is 521 g/mol. The lowest BCUT2D eigenvalue weighted by Gasteiger charge is -2.33. The second-order valence-corrected chi connectivity index (χ2v) is 12.5. The highest BCUT2D eigenvalue weighted by atomic mass is 32.2. The van der Waals surface area contributed by atoms with Crippen molar-refractivity contribution >= 4 is 34.0 Å². The first-order chi connectivity index (χ1) is 17.2. The number of H-pyrrole nitrogens is 1. The summed E-state index contributed by atoms with van der Waals surface area (Å²) in [6, 6.07) is 9.63. The molecule has 0 radical (unpaired) electrons. The number of nitrogens with zero attached hydrogens (tertiary/aromatic N) is 2. The Bertz CT molecular complexity index is 1350. The molecule has 2 atom stereocenters. The molecule has 0 saturated carbocycles. The van der Waals surface area contributed by atoms with Gasteiger partial charge in [-0.05, 0) is 67.3 Å². The highest BCUT2D eigenvalue weighted by Gasteiger charge is 2.33. The summed E-state index contributed by atoms with van der Waals surface area (Å²) in [7, 11) is 0. The topological polar surface area (TPSA) is 108 Å². The van der Waals surface area contributed by atoms with E-state index in [1.807, 2.05) is 25.1 Å². The average Bonchev–Trinajstić information content (AvgIpc) is 3.63. The molecule has 0 aliphatic heterocycles. The lowest BCUT2D eigenvalue weighted by atomic mass is 9.72. The van der Waals surface area contributed by atoms with Crippen LogP contribution >= 0.6 is 23.1 Å². The number of hydrogen-bond acceptors (Lipinski definition) is 7. The molecule has 2 unspecified atom stereocenters. The molecule has 2 N–H and O–H groups in total. The van der Waals surface area contributed by atoms with Gasteiger partial charge in [-0.2, -0.15) is 5.26 Å². The number of rotatable bonds is 6. The van der Waals surface area contributed by atoms with Crippen LogP contribution in [0, 0.1) is 22.7 Å². The Kier molecular flexibility index (Phi) is 6.58. The molecule has 1 aliphatic carbocycles. The third-order valence-corrected chi connectivity index (χ3v) is 8.85. The van der Waals surface area contributed by atoms with E-state index in [1.165, 1.54) is 16.6 Å². The van der Waals surface area contributed by atoms with Crippen LogP contribution in [0.15, 0.2) is 50.8 Å². The van der Waals surface area contributed by atoms with Crippen molar-refractivity contribution in [2.45, 2.75) is 57.4 Å². The minimum atomic E-state index is -0.446. The van der Waals surface area contributed by atoms with E-state index in [9.17, 15) is 10.1 Å². The van der Waals surface area contributed by atoms with E-state index in [0.717, 1.165) is 24.8 Å². The van der Waals surface area contributed by atoms with E-state index in [-0.39, 0.29) is 11.3 Å². The number of carbonyl (C=O) groups excluding carboxylic acids is 1. The summed E-state index contributed by atoms with van der Waals surface area (Å²) >= 11 is 2.86. The number of imidazole rings is 1. The van der Waals surface area contributed by atoms with Crippen LogP contribution < -0.4 is 5.32 Å². The van der Waals surface area contributed by atoms with Crippen molar-refractivity contribution in [3.8, 4) is 29.0 Å². The van der Waals surface area contributed by atoms with Gasteiger partial charge in [-0.15, -0.1) is 11.3 Å². The molecule has 0 bridgehead atoms. The Morgan fingerprint density at radius 2 is 2.00 bits per heavy atom. The van der Waals surface area contributed by atoms with Crippen LogP contribution in [-0.4, -0.2) is 21.1 Å². The van der Waals surface area contributed by atoms with Gasteiger partial charge in [-0.3, -0.25) is 4.79 Å². The predicted octanol–water partition coefficient (Wildman–Crippen LogP) is 7.13. The number of thiophene rings is 1. The van der Waals surface area contributed by atoms with Crippen molar-refractivity contribution in [2.24, 2.45) is 11.3 Å². The van der Waals surface area contributed by atoms with E-state index in [0.29, 0.717) is 44.5 Å². The van der Waals surface area contributed by atoms with Crippen molar-refractivity contribution in [2.75, 3.05) is 5.32 Å². The largest absolute Gasteiger partial charge is 0.463 e. The Labute approximate surface area is 218 Å². The zero-order valence-corrected chi connectivity index (χ0v) is 22.3. The third-order valence-electron chi connectivity index (χ3n) is 6.70. The van der Waals surface area contributed by atoms with Crippen LogP contribution in [0.2, 0.25) is 0 Å². The molecule has 0 saturated heterocycles. The van der Waals surface area contributed by atoms with Crippen LogP contribution in [0.5, 0.6) is 0 Å². The number of nitrogens with one attached hydrogen (secondary N) is 2. The smallest absolute Gasteiger partial charge is 0.238 e. The van der Waals surface area contributed by atoms with Gasteiger partial charge in [0.05, 0.1) is 23.3 Å². The molecule has 4 heterocycles. The second-order valence-electron chi connectivity index (χ2n) is 10.1. The maximum atomic E-state index is 13.2. The minimum Gasteiger partial charge on any atom is -0.463 e. The summed E-state index contributed by atoms with van der Waals surface area (Å²) in [4.78, 5) is 22.3. The van der Waals surface area contributed by atoms with Gasteiger partial charge < -0.3 is 19.1 Å². The molecule has 4 aromatic heterocycles. The summed E-state index contributed by atoms with van der Waals surface area (Å²) in [5.74, 6) is 1.64. The number of anilines is 1. The standard InChI is InChI=1S/C27H28N4O3S2/c1-15(35-26-29-22(19-7-5-11-33-19)23(30-26)20-8-6-12-34-20)24(32)31-25-18(14-28)17-10-9-16(27(2,3)4)13-21(17)36-25/h5-8,11-12,15-16H,9-10,13H2,1-4H3,(H,29,30)(H,31,32). The normalized spacial score (nSPS) is 16.4. The zero-order chi connectivity index (χ0) is 25.4. The number of aromatic amines is 1.